The average Bonchev–Trinajstić information content (AvgIpc) is 3.08. The van der Waals surface area contributed by atoms with Gasteiger partial charge in [0.25, 0.3) is 0 Å². The molecule has 136 valence electrons. The summed E-state index contributed by atoms with van der Waals surface area (Å²) in [5.74, 6) is 0.211. The second-order valence-electron chi connectivity index (χ2n) is 6.61. The summed E-state index contributed by atoms with van der Waals surface area (Å²) in [4.78, 5) is 27.0. The highest BCUT2D eigenvalue weighted by atomic mass is 32.2. The van der Waals surface area contributed by atoms with Crippen molar-refractivity contribution in [3.63, 3.8) is 0 Å². The average molecular weight is 369 g/mol. The zero-order valence-corrected chi connectivity index (χ0v) is 16.0. The Balaban J connectivity index is 1.50. The van der Waals surface area contributed by atoms with E-state index in [2.05, 4.69) is 24.4 Å². The second-order valence-corrected chi connectivity index (χ2v) is 8.02. The number of nitrogens with zero attached hydrogens (tertiary/aromatic N) is 1. The van der Waals surface area contributed by atoms with Crippen LogP contribution in [0.5, 0.6) is 0 Å². The Labute approximate surface area is 159 Å². The first-order valence-electron chi connectivity index (χ1n) is 8.93. The monoisotopic (exact) mass is 368 g/mol. The summed E-state index contributed by atoms with van der Waals surface area (Å²) in [6.45, 7) is 5.26. The molecule has 2 amide bonds. The number of nitrogens with one attached hydrogen (secondary N) is 1. The van der Waals surface area contributed by atoms with Crippen molar-refractivity contribution < 1.29 is 9.59 Å². The van der Waals surface area contributed by atoms with E-state index in [1.165, 1.54) is 5.56 Å². The molecule has 0 radical (unpaired) electrons. The Morgan fingerprint density at radius 1 is 1.15 bits per heavy atom. The van der Waals surface area contributed by atoms with E-state index in [0.717, 1.165) is 29.1 Å². The number of hydrogen-bond donors (Lipinski definition) is 1. The van der Waals surface area contributed by atoms with Gasteiger partial charge in [0.05, 0.1) is 5.25 Å². The molecule has 2 aromatic carbocycles. The fourth-order valence-electron chi connectivity index (χ4n) is 2.92. The predicted molar refractivity (Wildman–Crippen MR) is 106 cm³/mol. The standard InChI is InChI=1S/C21H24N2O2S/c1-15-5-11-19(12-6-15)26-16(2)21(25)22-14-17-7-9-18(10-8-17)23-13-3-4-20(23)24/h5-12,16H,3-4,13-14H2,1-2H3,(H,22,25)/t16-/m1/s1. The summed E-state index contributed by atoms with van der Waals surface area (Å²) in [7, 11) is 0. The van der Waals surface area contributed by atoms with Gasteiger partial charge in [0, 0.05) is 30.1 Å². The Hall–Kier alpha value is -2.27. The van der Waals surface area contributed by atoms with Crippen LogP contribution in [0.4, 0.5) is 5.69 Å². The molecule has 1 atom stereocenters. The molecule has 2 aromatic rings. The zero-order valence-electron chi connectivity index (χ0n) is 15.2. The van der Waals surface area contributed by atoms with Gasteiger partial charge in [-0.1, -0.05) is 29.8 Å². The molecule has 3 rings (SSSR count). The lowest BCUT2D eigenvalue weighted by Crippen LogP contribution is -2.30. The number of benzene rings is 2. The first kappa shape index (κ1) is 18.5. The van der Waals surface area contributed by atoms with Gasteiger partial charge in [-0.2, -0.15) is 0 Å². The highest BCUT2D eigenvalue weighted by Crippen LogP contribution is 2.24. The van der Waals surface area contributed by atoms with Crippen LogP contribution in [0.25, 0.3) is 0 Å². The third-order valence-corrected chi connectivity index (χ3v) is 5.60. The van der Waals surface area contributed by atoms with E-state index in [1.54, 1.807) is 11.8 Å². The molecule has 4 nitrogen and oxygen atoms in total. The van der Waals surface area contributed by atoms with E-state index >= 15 is 0 Å². The Kier molecular flexibility index (Phi) is 5.99. The van der Waals surface area contributed by atoms with Crippen molar-refractivity contribution in [1.29, 1.82) is 0 Å². The molecule has 0 aliphatic carbocycles. The molecule has 5 heteroatoms. The number of thioether (sulfide) groups is 1. The van der Waals surface area contributed by atoms with Gasteiger partial charge in [0.2, 0.25) is 11.8 Å². The van der Waals surface area contributed by atoms with Gasteiger partial charge in [-0.3, -0.25) is 9.59 Å². The first-order chi connectivity index (χ1) is 12.5. The van der Waals surface area contributed by atoms with Crippen LogP contribution >= 0.6 is 11.8 Å². The normalized spacial score (nSPS) is 15.2. The van der Waals surface area contributed by atoms with Crippen molar-refractivity contribution in [2.24, 2.45) is 0 Å². The number of aryl methyl sites for hydroxylation is 1. The molecule has 0 aromatic heterocycles. The van der Waals surface area contributed by atoms with Gasteiger partial charge in [-0.25, -0.2) is 0 Å². The maximum Gasteiger partial charge on any atom is 0.233 e. The van der Waals surface area contributed by atoms with Crippen molar-refractivity contribution in [2.45, 2.75) is 43.4 Å². The van der Waals surface area contributed by atoms with E-state index in [9.17, 15) is 9.59 Å². The molecule has 26 heavy (non-hydrogen) atoms. The molecule has 0 saturated carbocycles. The predicted octanol–water partition coefficient (Wildman–Crippen LogP) is 3.92. The molecule has 0 unspecified atom stereocenters. The van der Waals surface area contributed by atoms with Crippen molar-refractivity contribution in [3.05, 3.63) is 59.7 Å². The topological polar surface area (TPSA) is 49.4 Å². The van der Waals surface area contributed by atoms with Crippen molar-refractivity contribution in [3.8, 4) is 0 Å². The fraction of sp³-hybridized carbons (Fsp3) is 0.333. The Morgan fingerprint density at radius 2 is 1.85 bits per heavy atom. The smallest absolute Gasteiger partial charge is 0.233 e. The van der Waals surface area contributed by atoms with Gasteiger partial charge < -0.3 is 10.2 Å². The molecule has 1 aliphatic rings. The SMILES string of the molecule is Cc1ccc(S[C@H](C)C(=O)NCc2ccc(N3CCCC3=O)cc2)cc1. The molecule has 1 saturated heterocycles. The van der Waals surface area contributed by atoms with Gasteiger partial charge >= 0.3 is 0 Å². The maximum atomic E-state index is 12.3. The van der Waals surface area contributed by atoms with Crippen molar-refractivity contribution in [1.82, 2.24) is 5.32 Å². The Morgan fingerprint density at radius 3 is 2.46 bits per heavy atom. The minimum atomic E-state index is -0.154. The zero-order chi connectivity index (χ0) is 18.5. The summed E-state index contributed by atoms with van der Waals surface area (Å²) >= 11 is 1.56. The number of anilines is 1. The van der Waals surface area contributed by atoms with Gasteiger partial charge in [0.1, 0.15) is 0 Å². The summed E-state index contributed by atoms with van der Waals surface area (Å²) in [5, 5.41) is 2.83. The lowest BCUT2D eigenvalue weighted by molar-refractivity contribution is -0.120. The van der Waals surface area contributed by atoms with Crippen LogP contribution in [0.2, 0.25) is 0 Å². The quantitative estimate of drug-likeness (QED) is 0.786. The van der Waals surface area contributed by atoms with Crippen LogP contribution in [-0.2, 0) is 16.1 Å². The third kappa shape index (κ3) is 4.67. The summed E-state index contributed by atoms with van der Waals surface area (Å²) in [5.41, 5.74) is 3.18. The van der Waals surface area contributed by atoms with Crippen LogP contribution in [0, 0.1) is 6.92 Å². The number of carbonyl (C=O) groups excluding carboxylic acids is 2. The highest BCUT2D eigenvalue weighted by Gasteiger charge is 2.21. The van der Waals surface area contributed by atoms with Crippen LogP contribution in [0.3, 0.4) is 0 Å². The minimum Gasteiger partial charge on any atom is -0.351 e. The summed E-state index contributed by atoms with van der Waals surface area (Å²) in [6, 6.07) is 16.0. The Bertz CT molecular complexity index is 772. The lowest BCUT2D eigenvalue weighted by Gasteiger charge is -2.16. The molecular weight excluding hydrogens is 344 g/mol. The maximum absolute atomic E-state index is 12.3. The molecule has 0 spiro atoms. The number of amides is 2. The number of rotatable bonds is 6. The molecule has 1 heterocycles. The largest absolute Gasteiger partial charge is 0.351 e. The van der Waals surface area contributed by atoms with E-state index < -0.39 is 0 Å². The number of hydrogen-bond acceptors (Lipinski definition) is 3. The third-order valence-electron chi connectivity index (χ3n) is 4.49. The highest BCUT2D eigenvalue weighted by molar-refractivity contribution is 8.00. The first-order valence-corrected chi connectivity index (χ1v) is 9.81. The lowest BCUT2D eigenvalue weighted by atomic mass is 10.2. The van der Waals surface area contributed by atoms with E-state index in [0.29, 0.717) is 13.0 Å². The molecule has 0 bridgehead atoms. The van der Waals surface area contributed by atoms with Crippen LogP contribution in [-0.4, -0.2) is 23.6 Å². The van der Waals surface area contributed by atoms with E-state index in [4.69, 9.17) is 0 Å². The van der Waals surface area contributed by atoms with Crippen LogP contribution < -0.4 is 10.2 Å². The van der Waals surface area contributed by atoms with Gasteiger partial charge in [-0.15, -0.1) is 11.8 Å². The van der Waals surface area contributed by atoms with Crippen LogP contribution in [0.1, 0.15) is 30.9 Å². The van der Waals surface area contributed by atoms with E-state index in [-0.39, 0.29) is 17.1 Å². The summed E-state index contributed by atoms with van der Waals surface area (Å²) in [6.07, 6.45) is 1.56. The number of carbonyl (C=O) groups is 2. The van der Waals surface area contributed by atoms with Gasteiger partial charge in [0.15, 0.2) is 0 Å². The molecular formula is C21H24N2O2S. The van der Waals surface area contributed by atoms with Crippen molar-refractivity contribution >= 4 is 29.3 Å². The fourth-order valence-corrected chi connectivity index (χ4v) is 3.81. The summed E-state index contributed by atoms with van der Waals surface area (Å²) < 4.78 is 0. The van der Waals surface area contributed by atoms with Crippen LogP contribution in [0.15, 0.2) is 53.4 Å². The van der Waals surface area contributed by atoms with E-state index in [1.807, 2.05) is 48.2 Å². The molecule has 1 N–H and O–H groups in total. The molecule has 1 aliphatic heterocycles. The van der Waals surface area contributed by atoms with Crippen molar-refractivity contribution in [2.75, 3.05) is 11.4 Å². The van der Waals surface area contributed by atoms with Gasteiger partial charge in [-0.05, 0) is 50.1 Å². The minimum absolute atomic E-state index is 0.0226. The second kappa shape index (κ2) is 8.41. The molecule has 1 fully saturated rings.